The number of anilines is 1. The number of carbonyl (C=O) groups excluding carboxylic acids is 1. The Balaban J connectivity index is 2.06. The zero-order chi connectivity index (χ0) is 19.0. The Morgan fingerprint density at radius 1 is 1.31 bits per heavy atom. The summed E-state index contributed by atoms with van der Waals surface area (Å²) in [4.78, 5) is 17.6. The molecule has 0 aliphatic rings. The van der Waals surface area contributed by atoms with Crippen LogP contribution in [0.4, 0.5) is 5.69 Å². The first-order chi connectivity index (χ1) is 12.3. The van der Waals surface area contributed by atoms with Gasteiger partial charge in [-0.2, -0.15) is 5.10 Å². The summed E-state index contributed by atoms with van der Waals surface area (Å²) >= 11 is 6.15. The molecule has 7 heteroatoms. The van der Waals surface area contributed by atoms with Gasteiger partial charge in [-0.15, -0.1) is 0 Å². The van der Waals surface area contributed by atoms with E-state index in [2.05, 4.69) is 15.4 Å². The number of amides is 1. The van der Waals surface area contributed by atoms with E-state index < -0.39 is 0 Å². The molecule has 0 radical (unpaired) electrons. The Morgan fingerprint density at radius 2 is 2.04 bits per heavy atom. The molecule has 0 saturated heterocycles. The highest BCUT2D eigenvalue weighted by atomic mass is 35.5. The Morgan fingerprint density at radius 3 is 2.65 bits per heavy atom. The average molecular weight is 373 g/mol. The number of methoxy groups -OCH3 is 1. The first-order valence-electron chi connectivity index (χ1n) is 8.31. The highest BCUT2D eigenvalue weighted by Crippen LogP contribution is 2.29. The summed E-state index contributed by atoms with van der Waals surface area (Å²) in [7, 11) is 3.38. The second-order valence-corrected chi connectivity index (χ2v) is 6.87. The maximum atomic E-state index is 13.0. The number of nitrogens with zero attached hydrogens (tertiary/aromatic N) is 3. The lowest BCUT2D eigenvalue weighted by atomic mass is 10.0. The predicted octanol–water partition coefficient (Wildman–Crippen LogP) is 4.31. The molecule has 0 fully saturated rings. The molecule has 1 aromatic carbocycles. The molecular formula is C19H21ClN4O2. The predicted molar refractivity (Wildman–Crippen MR) is 103 cm³/mol. The van der Waals surface area contributed by atoms with Gasteiger partial charge in [0.15, 0.2) is 5.65 Å². The molecule has 1 N–H and O–H groups in total. The monoisotopic (exact) mass is 372 g/mol. The second kappa shape index (κ2) is 6.96. The number of aromatic nitrogens is 3. The van der Waals surface area contributed by atoms with Crippen molar-refractivity contribution in [1.29, 1.82) is 0 Å². The summed E-state index contributed by atoms with van der Waals surface area (Å²) in [6, 6.07) is 6.97. The minimum absolute atomic E-state index is 0.191. The van der Waals surface area contributed by atoms with Gasteiger partial charge in [0.25, 0.3) is 5.91 Å². The van der Waals surface area contributed by atoms with E-state index in [1.807, 2.05) is 33.9 Å². The van der Waals surface area contributed by atoms with Gasteiger partial charge in [0, 0.05) is 18.4 Å². The SMILES string of the molecule is COc1ccc(NC(=O)c2cc(C(C)C)nc3c2c(C)nn3C)cc1Cl. The van der Waals surface area contributed by atoms with E-state index in [-0.39, 0.29) is 11.8 Å². The number of benzene rings is 1. The maximum absolute atomic E-state index is 13.0. The van der Waals surface area contributed by atoms with Gasteiger partial charge < -0.3 is 10.1 Å². The topological polar surface area (TPSA) is 69.0 Å². The molecule has 6 nitrogen and oxygen atoms in total. The summed E-state index contributed by atoms with van der Waals surface area (Å²) < 4.78 is 6.85. The summed E-state index contributed by atoms with van der Waals surface area (Å²) in [6.45, 7) is 5.96. The zero-order valence-electron chi connectivity index (χ0n) is 15.4. The largest absolute Gasteiger partial charge is 0.495 e. The normalized spacial score (nSPS) is 11.2. The number of nitrogens with one attached hydrogen (secondary N) is 1. The second-order valence-electron chi connectivity index (χ2n) is 6.46. The van der Waals surface area contributed by atoms with Crippen LogP contribution in [0.15, 0.2) is 24.3 Å². The van der Waals surface area contributed by atoms with Gasteiger partial charge in [-0.25, -0.2) is 4.98 Å². The third-order valence-electron chi connectivity index (χ3n) is 4.23. The van der Waals surface area contributed by atoms with Crippen LogP contribution in [0.3, 0.4) is 0 Å². The molecule has 2 heterocycles. The van der Waals surface area contributed by atoms with Crippen LogP contribution < -0.4 is 10.1 Å². The molecule has 3 aromatic rings. The molecule has 0 aliphatic carbocycles. The molecule has 0 atom stereocenters. The van der Waals surface area contributed by atoms with E-state index in [0.717, 1.165) is 16.8 Å². The number of hydrogen-bond acceptors (Lipinski definition) is 4. The molecule has 136 valence electrons. The fraction of sp³-hybridized carbons (Fsp3) is 0.316. The molecule has 2 aromatic heterocycles. The standard InChI is InChI=1S/C19H21ClN4O2/c1-10(2)15-9-13(17-11(3)23-24(4)18(17)22-15)19(25)21-12-6-7-16(26-5)14(20)8-12/h6-10H,1-5H3,(H,21,25). The summed E-state index contributed by atoms with van der Waals surface area (Å²) in [5.41, 5.74) is 3.46. The van der Waals surface area contributed by atoms with Gasteiger partial charge >= 0.3 is 0 Å². The number of aryl methyl sites for hydroxylation is 2. The van der Waals surface area contributed by atoms with E-state index in [9.17, 15) is 4.79 Å². The van der Waals surface area contributed by atoms with Crippen LogP contribution in [-0.4, -0.2) is 27.8 Å². The van der Waals surface area contributed by atoms with Crippen molar-refractivity contribution in [3.05, 3.63) is 46.2 Å². The molecule has 26 heavy (non-hydrogen) atoms. The third-order valence-corrected chi connectivity index (χ3v) is 4.53. The highest BCUT2D eigenvalue weighted by Gasteiger charge is 2.20. The summed E-state index contributed by atoms with van der Waals surface area (Å²) in [5, 5.41) is 8.51. The Labute approximate surface area is 157 Å². The Kier molecular flexibility index (Phi) is 4.87. The quantitative estimate of drug-likeness (QED) is 0.740. The van der Waals surface area contributed by atoms with Crippen LogP contribution >= 0.6 is 11.6 Å². The van der Waals surface area contributed by atoms with E-state index in [1.165, 1.54) is 0 Å². The fourth-order valence-electron chi connectivity index (χ4n) is 2.88. The van der Waals surface area contributed by atoms with Crippen molar-refractivity contribution < 1.29 is 9.53 Å². The zero-order valence-corrected chi connectivity index (χ0v) is 16.2. The minimum atomic E-state index is -0.225. The van der Waals surface area contributed by atoms with Crippen molar-refractivity contribution in [2.45, 2.75) is 26.7 Å². The van der Waals surface area contributed by atoms with Crippen LogP contribution in [-0.2, 0) is 7.05 Å². The minimum Gasteiger partial charge on any atom is -0.495 e. The Bertz CT molecular complexity index is 995. The number of carbonyl (C=O) groups is 1. The number of fused-ring (bicyclic) bond motifs is 1. The van der Waals surface area contributed by atoms with Crippen LogP contribution in [0.2, 0.25) is 5.02 Å². The number of rotatable bonds is 4. The fourth-order valence-corrected chi connectivity index (χ4v) is 3.14. The van der Waals surface area contributed by atoms with E-state index in [4.69, 9.17) is 16.3 Å². The van der Waals surface area contributed by atoms with Crippen molar-refractivity contribution in [2.75, 3.05) is 12.4 Å². The van der Waals surface area contributed by atoms with Crippen molar-refractivity contribution >= 4 is 34.2 Å². The first-order valence-corrected chi connectivity index (χ1v) is 8.68. The Hall–Kier alpha value is -2.60. The first kappa shape index (κ1) is 18.2. The van der Waals surface area contributed by atoms with Crippen molar-refractivity contribution in [3.63, 3.8) is 0 Å². The molecule has 0 unspecified atom stereocenters. The maximum Gasteiger partial charge on any atom is 0.256 e. The van der Waals surface area contributed by atoms with Gasteiger partial charge in [0.1, 0.15) is 5.75 Å². The van der Waals surface area contributed by atoms with E-state index in [1.54, 1.807) is 30.0 Å². The van der Waals surface area contributed by atoms with Gasteiger partial charge in [-0.3, -0.25) is 9.48 Å². The van der Waals surface area contributed by atoms with Crippen molar-refractivity contribution in [2.24, 2.45) is 7.05 Å². The molecule has 0 saturated carbocycles. The summed E-state index contributed by atoms with van der Waals surface area (Å²) in [6.07, 6.45) is 0. The number of hydrogen-bond donors (Lipinski definition) is 1. The lowest BCUT2D eigenvalue weighted by molar-refractivity contribution is 0.102. The molecule has 0 bridgehead atoms. The van der Waals surface area contributed by atoms with Crippen LogP contribution in [0.5, 0.6) is 5.75 Å². The highest BCUT2D eigenvalue weighted by molar-refractivity contribution is 6.32. The van der Waals surface area contributed by atoms with Gasteiger partial charge in [0.2, 0.25) is 0 Å². The number of pyridine rings is 1. The van der Waals surface area contributed by atoms with Crippen LogP contribution in [0.25, 0.3) is 11.0 Å². The van der Waals surface area contributed by atoms with E-state index >= 15 is 0 Å². The van der Waals surface area contributed by atoms with Crippen molar-refractivity contribution in [3.8, 4) is 5.75 Å². The van der Waals surface area contributed by atoms with Gasteiger partial charge in [0.05, 0.1) is 28.8 Å². The van der Waals surface area contributed by atoms with E-state index in [0.29, 0.717) is 27.7 Å². The molecule has 0 aliphatic heterocycles. The summed E-state index contributed by atoms with van der Waals surface area (Å²) in [5.74, 6) is 0.523. The van der Waals surface area contributed by atoms with Crippen molar-refractivity contribution in [1.82, 2.24) is 14.8 Å². The lowest BCUT2D eigenvalue weighted by Gasteiger charge is -2.12. The number of ether oxygens (including phenoxy) is 1. The molecular weight excluding hydrogens is 352 g/mol. The van der Waals surface area contributed by atoms with Gasteiger partial charge in [-0.1, -0.05) is 25.4 Å². The molecule has 3 rings (SSSR count). The lowest BCUT2D eigenvalue weighted by Crippen LogP contribution is -2.14. The molecule has 1 amide bonds. The number of halogens is 1. The smallest absolute Gasteiger partial charge is 0.256 e. The van der Waals surface area contributed by atoms with Crippen LogP contribution in [0, 0.1) is 6.92 Å². The van der Waals surface area contributed by atoms with Crippen LogP contribution in [0.1, 0.15) is 41.5 Å². The molecule has 0 spiro atoms. The average Bonchev–Trinajstić information content (AvgIpc) is 2.88. The van der Waals surface area contributed by atoms with Gasteiger partial charge in [-0.05, 0) is 37.1 Å². The third kappa shape index (κ3) is 3.24.